The Morgan fingerprint density at radius 2 is 1.80 bits per heavy atom. The average Bonchev–Trinajstić information content (AvgIpc) is 2.14. The maximum atomic E-state index is 11.7. The van der Waals surface area contributed by atoms with Crippen LogP contribution in [0.4, 0.5) is 5.69 Å². The molecule has 0 fully saturated rings. The van der Waals surface area contributed by atoms with Crippen LogP contribution in [0.1, 0.15) is 31.1 Å². The number of carbonyl (C=O) groups excluding carboxylic acids is 1. The standard InChI is InChI=1S/C12H18N2O/c1-12(2,3)8-14-11(15)9-4-6-10(13)7-5-9/h4-7H,8,13H2,1-3H3,(H,14,15). The summed E-state index contributed by atoms with van der Waals surface area (Å²) in [5.74, 6) is -0.0510. The van der Waals surface area contributed by atoms with Gasteiger partial charge >= 0.3 is 0 Å². The van der Waals surface area contributed by atoms with E-state index in [0.717, 1.165) is 0 Å². The zero-order chi connectivity index (χ0) is 11.5. The van der Waals surface area contributed by atoms with Crippen LogP contribution in [0.15, 0.2) is 24.3 Å². The third-order valence-electron chi connectivity index (χ3n) is 1.95. The fourth-order valence-electron chi connectivity index (χ4n) is 1.08. The fraction of sp³-hybridized carbons (Fsp3) is 0.417. The number of nitrogens with two attached hydrogens (primary N) is 1. The second kappa shape index (κ2) is 4.34. The Hall–Kier alpha value is -1.51. The summed E-state index contributed by atoms with van der Waals surface area (Å²) in [5, 5.41) is 2.88. The number of hydrogen-bond acceptors (Lipinski definition) is 2. The molecule has 1 amide bonds. The molecule has 0 bridgehead atoms. The first-order valence-corrected chi connectivity index (χ1v) is 5.02. The van der Waals surface area contributed by atoms with Crippen molar-refractivity contribution in [2.75, 3.05) is 12.3 Å². The summed E-state index contributed by atoms with van der Waals surface area (Å²) >= 11 is 0. The molecule has 0 aliphatic heterocycles. The molecule has 0 aliphatic carbocycles. The minimum absolute atomic E-state index is 0.0510. The van der Waals surface area contributed by atoms with Gasteiger partial charge in [0.1, 0.15) is 0 Å². The summed E-state index contributed by atoms with van der Waals surface area (Å²) < 4.78 is 0. The highest BCUT2D eigenvalue weighted by Crippen LogP contribution is 2.11. The topological polar surface area (TPSA) is 55.1 Å². The monoisotopic (exact) mass is 206 g/mol. The number of rotatable bonds is 2. The van der Waals surface area contributed by atoms with Crippen LogP contribution in [0.3, 0.4) is 0 Å². The lowest BCUT2D eigenvalue weighted by Gasteiger charge is -2.18. The Labute approximate surface area is 90.7 Å². The van der Waals surface area contributed by atoms with Crippen LogP contribution in [0.2, 0.25) is 0 Å². The lowest BCUT2D eigenvalue weighted by atomic mass is 9.97. The van der Waals surface area contributed by atoms with E-state index >= 15 is 0 Å². The van der Waals surface area contributed by atoms with Gasteiger partial charge in [-0.25, -0.2) is 0 Å². The highest BCUT2D eigenvalue weighted by atomic mass is 16.1. The molecule has 0 aromatic heterocycles. The quantitative estimate of drug-likeness (QED) is 0.727. The van der Waals surface area contributed by atoms with Gasteiger partial charge in [-0.2, -0.15) is 0 Å². The van der Waals surface area contributed by atoms with Gasteiger partial charge in [-0.3, -0.25) is 4.79 Å². The largest absolute Gasteiger partial charge is 0.399 e. The Balaban J connectivity index is 2.58. The van der Waals surface area contributed by atoms with E-state index in [0.29, 0.717) is 17.8 Å². The number of nitrogens with one attached hydrogen (secondary N) is 1. The van der Waals surface area contributed by atoms with Crippen molar-refractivity contribution in [1.82, 2.24) is 5.32 Å². The molecule has 0 saturated heterocycles. The molecule has 3 nitrogen and oxygen atoms in total. The zero-order valence-corrected chi connectivity index (χ0v) is 9.50. The van der Waals surface area contributed by atoms with E-state index in [-0.39, 0.29) is 11.3 Å². The summed E-state index contributed by atoms with van der Waals surface area (Å²) in [4.78, 5) is 11.7. The molecule has 0 radical (unpaired) electrons. The predicted molar refractivity (Wildman–Crippen MR) is 62.6 cm³/mol. The molecule has 0 spiro atoms. The molecule has 0 saturated carbocycles. The van der Waals surface area contributed by atoms with Crippen LogP contribution in [0.5, 0.6) is 0 Å². The normalized spacial score (nSPS) is 11.1. The fourth-order valence-corrected chi connectivity index (χ4v) is 1.08. The molecule has 0 unspecified atom stereocenters. The van der Waals surface area contributed by atoms with Crippen molar-refractivity contribution in [2.24, 2.45) is 5.41 Å². The van der Waals surface area contributed by atoms with Crippen LogP contribution >= 0.6 is 0 Å². The zero-order valence-electron chi connectivity index (χ0n) is 9.50. The van der Waals surface area contributed by atoms with Gasteiger partial charge < -0.3 is 11.1 Å². The van der Waals surface area contributed by atoms with Crippen molar-refractivity contribution in [3.63, 3.8) is 0 Å². The lowest BCUT2D eigenvalue weighted by molar-refractivity contribution is 0.0939. The van der Waals surface area contributed by atoms with E-state index in [1.54, 1.807) is 24.3 Å². The molecule has 15 heavy (non-hydrogen) atoms. The number of amides is 1. The summed E-state index contributed by atoms with van der Waals surface area (Å²) in [6.07, 6.45) is 0. The van der Waals surface area contributed by atoms with Crippen LogP contribution < -0.4 is 11.1 Å². The minimum atomic E-state index is -0.0510. The second-order valence-electron chi connectivity index (χ2n) is 4.87. The SMILES string of the molecule is CC(C)(C)CNC(=O)c1ccc(N)cc1. The smallest absolute Gasteiger partial charge is 0.251 e. The van der Waals surface area contributed by atoms with Gasteiger partial charge in [0.05, 0.1) is 0 Å². The third kappa shape index (κ3) is 4.02. The molecule has 1 aromatic rings. The van der Waals surface area contributed by atoms with Gasteiger partial charge in [0.25, 0.3) is 5.91 Å². The molecule has 0 aliphatic rings. The van der Waals surface area contributed by atoms with Crippen molar-refractivity contribution in [1.29, 1.82) is 0 Å². The lowest BCUT2D eigenvalue weighted by Crippen LogP contribution is -2.32. The Morgan fingerprint density at radius 1 is 1.27 bits per heavy atom. The van der Waals surface area contributed by atoms with Crippen molar-refractivity contribution in [3.8, 4) is 0 Å². The molecular formula is C12H18N2O. The average molecular weight is 206 g/mol. The number of hydrogen-bond donors (Lipinski definition) is 2. The molecule has 0 atom stereocenters. The van der Waals surface area contributed by atoms with Crippen LogP contribution in [-0.2, 0) is 0 Å². The van der Waals surface area contributed by atoms with E-state index in [1.807, 2.05) is 0 Å². The first-order chi connectivity index (χ1) is 6.88. The first-order valence-electron chi connectivity index (χ1n) is 5.02. The summed E-state index contributed by atoms with van der Waals surface area (Å²) in [7, 11) is 0. The highest BCUT2D eigenvalue weighted by molar-refractivity contribution is 5.94. The van der Waals surface area contributed by atoms with Gasteiger partial charge in [-0.15, -0.1) is 0 Å². The van der Waals surface area contributed by atoms with E-state index in [2.05, 4.69) is 26.1 Å². The molecule has 0 heterocycles. The summed E-state index contributed by atoms with van der Waals surface area (Å²) in [6.45, 7) is 6.90. The molecule has 82 valence electrons. The van der Waals surface area contributed by atoms with Crippen LogP contribution in [0, 0.1) is 5.41 Å². The molecule has 3 N–H and O–H groups in total. The molecule has 1 aromatic carbocycles. The van der Waals surface area contributed by atoms with Gasteiger partial charge in [-0.1, -0.05) is 20.8 Å². The van der Waals surface area contributed by atoms with Crippen molar-refractivity contribution in [2.45, 2.75) is 20.8 Å². The Bertz CT molecular complexity index is 336. The van der Waals surface area contributed by atoms with E-state index in [1.165, 1.54) is 0 Å². The molecular weight excluding hydrogens is 188 g/mol. The Morgan fingerprint density at radius 3 is 2.27 bits per heavy atom. The maximum Gasteiger partial charge on any atom is 0.251 e. The van der Waals surface area contributed by atoms with E-state index in [9.17, 15) is 4.79 Å². The Kier molecular flexibility index (Phi) is 3.35. The van der Waals surface area contributed by atoms with E-state index < -0.39 is 0 Å². The first kappa shape index (κ1) is 11.6. The number of nitrogen functional groups attached to an aromatic ring is 1. The number of anilines is 1. The minimum Gasteiger partial charge on any atom is -0.399 e. The van der Waals surface area contributed by atoms with Gasteiger partial charge in [0.2, 0.25) is 0 Å². The van der Waals surface area contributed by atoms with Gasteiger partial charge in [-0.05, 0) is 29.7 Å². The van der Waals surface area contributed by atoms with E-state index in [4.69, 9.17) is 5.73 Å². The number of carbonyl (C=O) groups is 1. The van der Waals surface area contributed by atoms with Crippen molar-refractivity contribution < 1.29 is 4.79 Å². The van der Waals surface area contributed by atoms with Gasteiger partial charge in [0, 0.05) is 17.8 Å². The maximum absolute atomic E-state index is 11.7. The number of benzene rings is 1. The second-order valence-corrected chi connectivity index (χ2v) is 4.87. The predicted octanol–water partition coefficient (Wildman–Crippen LogP) is 2.04. The molecule has 1 rings (SSSR count). The van der Waals surface area contributed by atoms with Crippen LogP contribution in [0.25, 0.3) is 0 Å². The van der Waals surface area contributed by atoms with Crippen LogP contribution in [-0.4, -0.2) is 12.5 Å². The highest BCUT2D eigenvalue weighted by Gasteiger charge is 2.12. The summed E-state index contributed by atoms with van der Waals surface area (Å²) in [5.41, 5.74) is 6.95. The van der Waals surface area contributed by atoms with Crippen molar-refractivity contribution >= 4 is 11.6 Å². The third-order valence-corrected chi connectivity index (χ3v) is 1.95. The summed E-state index contributed by atoms with van der Waals surface area (Å²) in [6, 6.07) is 6.92. The van der Waals surface area contributed by atoms with Crippen molar-refractivity contribution in [3.05, 3.63) is 29.8 Å². The van der Waals surface area contributed by atoms with Gasteiger partial charge in [0.15, 0.2) is 0 Å². The molecule has 3 heteroatoms.